The van der Waals surface area contributed by atoms with E-state index < -0.39 is 32.4 Å². The van der Waals surface area contributed by atoms with Gasteiger partial charge in [-0.25, -0.2) is 12.8 Å². The predicted molar refractivity (Wildman–Crippen MR) is 66.8 cm³/mol. The molecule has 1 saturated carbocycles. The molecule has 0 aliphatic heterocycles. The fraction of sp³-hybridized carbons (Fsp3) is 0.462. The number of hydrogen-bond acceptors (Lipinski definition) is 3. The van der Waals surface area contributed by atoms with Crippen LogP contribution >= 0.6 is 0 Å². The van der Waals surface area contributed by atoms with Crippen LogP contribution in [-0.4, -0.2) is 25.2 Å². The average molecular weight is 270 g/mol. The Labute approximate surface area is 106 Å². The first-order valence-corrected chi connectivity index (χ1v) is 7.71. The van der Waals surface area contributed by atoms with E-state index in [-0.39, 0.29) is 5.56 Å². The van der Waals surface area contributed by atoms with Crippen LogP contribution in [0.1, 0.15) is 36.0 Å². The molecule has 2 rings (SSSR count). The highest BCUT2D eigenvalue weighted by atomic mass is 32.2. The molecular weight excluding hydrogens is 255 g/mol. The lowest BCUT2D eigenvalue weighted by Gasteiger charge is -2.10. The first-order valence-electron chi connectivity index (χ1n) is 5.99. The van der Waals surface area contributed by atoms with Crippen molar-refractivity contribution in [1.82, 2.24) is 0 Å². The molecule has 3 nitrogen and oxygen atoms in total. The van der Waals surface area contributed by atoms with Gasteiger partial charge < -0.3 is 0 Å². The summed E-state index contributed by atoms with van der Waals surface area (Å²) in [7, 11) is -3.39. The van der Waals surface area contributed by atoms with Gasteiger partial charge in [-0.3, -0.25) is 4.79 Å². The molecule has 0 aromatic heterocycles. The fourth-order valence-corrected chi connectivity index (χ4v) is 4.11. The smallest absolute Gasteiger partial charge is 0.177 e. The van der Waals surface area contributed by atoms with E-state index in [1.165, 1.54) is 18.2 Å². The number of ketones is 1. The summed E-state index contributed by atoms with van der Waals surface area (Å²) in [6.45, 7) is 0. The highest BCUT2D eigenvalue weighted by Crippen LogP contribution is 2.25. The number of Topliss-reactive ketones (excluding diaryl/α,β-unsaturated/α-hetero) is 1. The summed E-state index contributed by atoms with van der Waals surface area (Å²) in [5.74, 6) is -1.57. The second-order valence-corrected chi connectivity index (χ2v) is 6.93. The van der Waals surface area contributed by atoms with Gasteiger partial charge in [0.1, 0.15) is 11.6 Å². The Morgan fingerprint density at radius 1 is 1.28 bits per heavy atom. The molecule has 0 spiro atoms. The summed E-state index contributed by atoms with van der Waals surface area (Å²) >= 11 is 0. The third kappa shape index (κ3) is 2.96. The van der Waals surface area contributed by atoms with Crippen molar-refractivity contribution in [1.29, 1.82) is 0 Å². The van der Waals surface area contributed by atoms with Gasteiger partial charge in [-0.1, -0.05) is 25.0 Å². The van der Waals surface area contributed by atoms with E-state index in [0.717, 1.165) is 18.9 Å². The zero-order chi connectivity index (χ0) is 13.2. The van der Waals surface area contributed by atoms with Gasteiger partial charge in [0.05, 0.1) is 5.25 Å². The van der Waals surface area contributed by atoms with Crippen molar-refractivity contribution >= 4 is 15.6 Å². The van der Waals surface area contributed by atoms with Gasteiger partial charge in [-0.05, 0) is 25.0 Å². The predicted octanol–water partition coefficient (Wildman–Crippen LogP) is 2.37. The zero-order valence-corrected chi connectivity index (χ0v) is 10.7. The van der Waals surface area contributed by atoms with Crippen molar-refractivity contribution < 1.29 is 17.6 Å². The highest BCUT2D eigenvalue weighted by molar-refractivity contribution is 7.92. The zero-order valence-electron chi connectivity index (χ0n) is 9.93. The molecule has 98 valence electrons. The highest BCUT2D eigenvalue weighted by Gasteiger charge is 2.30. The molecular formula is C13H15FO3S. The number of rotatable bonds is 4. The lowest BCUT2D eigenvalue weighted by atomic mass is 10.1. The summed E-state index contributed by atoms with van der Waals surface area (Å²) < 4.78 is 36.9. The molecule has 0 saturated heterocycles. The van der Waals surface area contributed by atoms with Crippen molar-refractivity contribution in [2.24, 2.45) is 0 Å². The topological polar surface area (TPSA) is 51.2 Å². The lowest BCUT2D eigenvalue weighted by Crippen LogP contribution is -2.26. The molecule has 1 aromatic rings. The minimum atomic E-state index is -3.39. The van der Waals surface area contributed by atoms with E-state index >= 15 is 0 Å². The molecule has 5 heteroatoms. The lowest BCUT2D eigenvalue weighted by molar-refractivity contribution is 0.102. The Morgan fingerprint density at radius 3 is 2.56 bits per heavy atom. The van der Waals surface area contributed by atoms with Gasteiger partial charge >= 0.3 is 0 Å². The third-order valence-corrected chi connectivity index (χ3v) is 5.44. The van der Waals surface area contributed by atoms with Gasteiger partial charge in [0.2, 0.25) is 0 Å². The number of halogens is 1. The molecule has 1 aromatic carbocycles. The number of carbonyl (C=O) groups excluding carboxylic acids is 1. The Bertz CT molecular complexity index is 545. The Kier molecular flexibility index (Phi) is 3.80. The summed E-state index contributed by atoms with van der Waals surface area (Å²) in [4.78, 5) is 11.8. The maximum atomic E-state index is 13.0. The number of benzene rings is 1. The first kappa shape index (κ1) is 13.2. The van der Waals surface area contributed by atoms with E-state index in [0.29, 0.717) is 12.8 Å². The molecule has 0 atom stereocenters. The molecule has 1 fully saturated rings. The maximum absolute atomic E-state index is 13.0. The molecule has 0 amide bonds. The molecule has 0 N–H and O–H groups in total. The van der Waals surface area contributed by atoms with E-state index in [4.69, 9.17) is 0 Å². The summed E-state index contributed by atoms with van der Waals surface area (Å²) in [6, 6.07) is 5.15. The number of hydrogen-bond donors (Lipinski definition) is 0. The molecule has 0 heterocycles. The molecule has 0 radical (unpaired) electrons. The second-order valence-electron chi connectivity index (χ2n) is 4.65. The molecule has 1 aliphatic rings. The van der Waals surface area contributed by atoms with Gasteiger partial charge in [-0.2, -0.15) is 0 Å². The van der Waals surface area contributed by atoms with Crippen molar-refractivity contribution in [2.45, 2.75) is 30.9 Å². The van der Waals surface area contributed by atoms with Crippen molar-refractivity contribution in [2.75, 3.05) is 5.75 Å². The van der Waals surface area contributed by atoms with Crippen LogP contribution in [0, 0.1) is 5.82 Å². The van der Waals surface area contributed by atoms with Crippen molar-refractivity contribution in [3.05, 3.63) is 35.6 Å². The maximum Gasteiger partial charge on any atom is 0.177 e. The van der Waals surface area contributed by atoms with Gasteiger partial charge in [0, 0.05) is 5.56 Å². The Balaban J connectivity index is 2.11. The number of carbonyl (C=O) groups is 1. The van der Waals surface area contributed by atoms with Crippen molar-refractivity contribution in [3.8, 4) is 0 Å². The van der Waals surface area contributed by atoms with Crippen LogP contribution in [-0.2, 0) is 9.84 Å². The van der Waals surface area contributed by atoms with E-state index in [9.17, 15) is 17.6 Å². The van der Waals surface area contributed by atoms with Crippen LogP contribution in [0.15, 0.2) is 24.3 Å². The molecule has 0 bridgehead atoms. The Morgan fingerprint density at radius 2 is 1.94 bits per heavy atom. The minimum absolute atomic E-state index is 0.122. The van der Waals surface area contributed by atoms with Gasteiger partial charge in [0.25, 0.3) is 0 Å². The van der Waals surface area contributed by atoms with Gasteiger partial charge in [0.15, 0.2) is 15.6 Å². The van der Waals surface area contributed by atoms with Crippen molar-refractivity contribution in [3.63, 3.8) is 0 Å². The van der Waals surface area contributed by atoms with E-state index in [2.05, 4.69) is 0 Å². The molecule has 1 aliphatic carbocycles. The molecule has 0 unspecified atom stereocenters. The van der Waals surface area contributed by atoms with Gasteiger partial charge in [-0.15, -0.1) is 0 Å². The van der Waals surface area contributed by atoms with Crippen LogP contribution in [0.25, 0.3) is 0 Å². The quantitative estimate of drug-likeness (QED) is 0.789. The third-order valence-electron chi connectivity index (χ3n) is 3.29. The summed E-state index contributed by atoms with van der Waals surface area (Å²) in [6.07, 6.45) is 3.08. The van der Waals surface area contributed by atoms with E-state index in [1.807, 2.05) is 0 Å². The first-order chi connectivity index (χ1) is 8.49. The average Bonchev–Trinajstić information content (AvgIpc) is 2.82. The standard InChI is InChI=1S/C13H15FO3S/c14-11-5-3-4-10(8-11)13(15)9-18(16,17)12-6-1-2-7-12/h3-5,8,12H,1-2,6-7,9H2. The van der Waals surface area contributed by atoms with Crippen LogP contribution in [0.3, 0.4) is 0 Å². The van der Waals surface area contributed by atoms with Crippen LogP contribution in [0.2, 0.25) is 0 Å². The monoisotopic (exact) mass is 270 g/mol. The largest absolute Gasteiger partial charge is 0.293 e. The van der Waals surface area contributed by atoms with Crippen LogP contribution < -0.4 is 0 Å². The summed E-state index contributed by atoms with van der Waals surface area (Å²) in [5, 5.41) is -0.394. The normalized spacial score (nSPS) is 16.9. The molecule has 18 heavy (non-hydrogen) atoms. The van der Waals surface area contributed by atoms with Crippen LogP contribution in [0.5, 0.6) is 0 Å². The SMILES string of the molecule is O=C(CS(=O)(=O)C1CCCC1)c1cccc(F)c1. The second kappa shape index (κ2) is 5.18. The Hall–Kier alpha value is -1.23. The summed E-state index contributed by atoms with van der Waals surface area (Å²) in [5.41, 5.74) is 0.122. The van der Waals surface area contributed by atoms with Crippen LogP contribution in [0.4, 0.5) is 4.39 Å². The minimum Gasteiger partial charge on any atom is -0.293 e. The number of sulfone groups is 1. The fourth-order valence-electron chi connectivity index (χ4n) is 2.29. The van der Waals surface area contributed by atoms with E-state index in [1.54, 1.807) is 0 Å².